The van der Waals surface area contributed by atoms with Gasteiger partial charge in [-0.2, -0.15) is 0 Å². The molecule has 1 amide bonds. The third kappa shape index (κ3) is 5.18. The number of rotatable bonds is 7. The fourth-order valence-corrected chi connectivity index (χ4v) is 5.32. The second-order valence-corrected chi connectivity index (χ2v) is 9.78. The Labute approximate surface area is 211 Å². The largest absolute Gasteiger partial charge is 0.497 e. The molecule has 2 heterocycles. The maximum absolute atomic E-state index is 12.5. The van der Waals surface area contributed by atoms with E-state index < -0.39 is 0 Å². The second kappa shape index (κ2) is 10.2. The zero-order valence-corrected chi connectivity index (χ0v) is 20.8. The number of nitrogens with one attached hydrogen (secondary N) is 1. The summed E-state index contributed by atoms with van der Waals surface area (Å²) in [6.45, 7) is 1.97. The van der Waals surface area contributed by atoms with E-state index in [0.29, 0.717) is 5.03 Å². The van der Waals surface area contributed by atoms with Crippen LogP contribution in [-0.2, 0) is 4.79 Å². The smallest absolute Gasteiger partial charge is 0.234 e. The summed E-state index contributed by atoms with van der Waals surface area (Å²) >= 11 is 2.94. The van der Waals surface area contributed by atoms with Crippen LogP contribution in [0, 0.1) is 6.92 Å². The lowest BCUT2D eigenvalue weighted by Crippen LogP contribution is -2.14. The van der Waals surface area contributed by atoms with Crippen molar-refractivity contribution in [2.75, 3.05) is 18.2 Å². The summed E-state index contributed by atoms with van der Waals surface area (Å²) in [4.78, 5) is 18.2. The van der Waals surface area contributed by atoms with Gasteiger partial charge in [0.15, 0.2) is 0 Å². The first kappa shape index (κ1) is 23.0. The first-order valence-electron chi connectivity index (χ1n) is 11.0. The van der Waals surface area contributed by atoms with Gasteiger partial charge in [0.25, 0.3) is 0 Å². The molecule has 0 saturated heterocycles. The molecular weight excluding hydrogens is 476 g/mol. The Kier molecular flexibility index (Phi) is 6.74. The monoisotopic (exact) mass is 498 g/mol. The molecule has 5 rings (SSSR count). The molecule has 6 nitrogen and oxygen atoms in total. The van der Waals surface area contributed by atoms with Gasteiger partial charge in [0, 0.05) is 16.6 Å². The number of benzene rings is 3. The van der Waals surface area contributed by atoms with Crippen molar-refractivity contribution in [3.8, 4) is 26.9 Å². The van der Waals surface area contributed by atoms with Gasteiger partial charge in [-0.05, 0) is 54.8 Å². The van der Waals surface area contributed by atoms with Crippen molar-refractivity contribution < 1.29 is 9.53 Å². The van der Waals surface area contributed by atoms with Crippen LogP contribution >= 0.6 is 23.1 Å². The molecule has 0 aliphatic carbocycles. The Morgan fingerprint density at radius 1 is 0.971 bits per heavy atom. The third-order valence-corrected chi connectivity index (χ3v) is 7.57. The first-order valence-corrected chi connectivity index (χ1v) is 12.8. The van der Waals surface area contributed by atoms with Crippen molar-refractivity contribution >= 4 is 45.5 Å². The van der Waals surface area contributed by atoms with Gasteiger partial charge >= 0.3 is 0 Å². The zero-order valence-electron chi connectivity index (χ0n) is 19.2. The van der Waals surface area contributed by atoms with Crippen LogP contribution in [0.15, 0.2) is 83.9 Å². The van der Waals surface area contributed by atoms with Gasteiger partial charge in [-0.15, -0.1) is 21.5 Å². The van der Waals surface area contributed by atoms with Gasteiger partial charge in [0.2, 0.25) is 5.91 Å². The molecule has 0 fully saturated rings. The molecule has 174 valence electrons. The van der Waals surface area contributed by atoms with Crippen LogP contribution in [0.1, 0.15) is 5.69 Å². The Morgan fingerprint density at radius 2 is 1.77 bits per heavy atom. The SMILES string of the molecule is COc1ccc(-c2nc(C)c(-c3ccc(SCC(=O)Nc4cccc5ccccc45)nn3)s2)cc1. The highest BCUT2D eigenvalue weighted by molar-refractivity contribution is 7.99. The Balaban J connectivity index is 1.24. The van der Waals surface area contributed by atoms with Crippen LogP contribution in [0.5, 0.6) is 5.75 Å². The van der Waals surface area contributed by atoms with Crippen molar-refractivity contribution in [2.45, 2.75) is 11.9 Å². The lowest BCUT2D eigenvalue weighted by Gasteiger charge is -2.08. The number of carbonyl (C=O) groups excluding carboxylic acids is 1. The van der Waals surface area contributed by atoms with Crippen LogP contribution in [0.2, 0.25) is 0 Å². The van der Waals surface area contributed by atoms with E-state index in [0.717, 1.165) is 49.0 Å². The number of carbonyl (C=O) groups is 1. The van der Waals surface area contributed by atoms with Crippen LogP contribution in [0.4, 0.5) is 5.69 Å². The van der Waals surface area contributed by atoms with E-state index in [1.807, 2.05) is 85.8 Å². The molecule has 35 heavy (non-hydrogen) atoms. The number of hydrogen-bond donors (Lipinski definition) is 1. The molecule has 0 aliphatic rings. The van der Waals surface area contributed by atoms with Gasteiger partial charge in [-0.1, -0.05) is 48.2 Å². The summed E-state index contributed by atoms with van der Waals surface area (Å²) < 4.78 is 5.23. The van der Waals surface area contributed by atoms with Crippen LogP contribution in [0.3, 0.4) is 0 Å². The molecule has 3 aromatic carbocycles. The Morgan fingerprint density at radius 3 is 2.54 bits per heavy atom. The van der Waals surface area contributed by atoms with E-state index in [9.17, 15) is 4.79 Å². The highest BCUT2D eigenvalue weighted by Gasteiger charge is 2.14. The van der Waals surface area contributed by atoms with Crippen molar-refractivity contribution in [3.05, 3.63) is 84.6 Å². The zero-order chi connectivity index (χ0) is 24.2. The van der Waals surface area contributed by atoms with Crippen LogP contribution in [0.25, 0.3) is 31.9 Å². The topological polar surface area (TPSA) is 77.0 Å². The molecule has 1 N–H and O–H groups in total. The van der Waals surface area contributed by atoms with Crippen molar-refractivity contribution in [1.29, 1.82) is 0 Å². The number of anilines is 1. The number of thioether (sulfide) groups is 1. The van der Waals surface area contributed by atoms with Crippen molar-refractivity contribution in [1.82, 2.24) is 15.2 Å². The molecule has 0 spiro atoms. The number of hydrogen-bond acceptors (Lipinski definition) is 7. The summed E-state index contributed by atoms with van der Waals surface area (Å²) in [7, 11) is 1.65. The predicted molar refractivity (Wildman–Crippen MR) is 143 cm³/mol. The average Bonchev–Trinajstić information content (AvgIpc) is 3.29. The summed E-state index contributed by atoms with van der Waals surface area (Å²) in [6.07, 6.45) is 0. The highest BCUT2D eigenvalue weighted by atomic mass is 32.2. The minimum absolute atomic E-state index is 0.0836. The molecule has 0 radical (unpaired) electrons. The molecule has 0 bridgehead atoms. The Bertz CT molecular complexity index is 1480. The molecule has 5 aromatic rings. The van der Waals surface area contributed by atoms with Crippen molar-refractivity contribution in [3.63, 3.8) is 0 Å². The summed E-state index contributed by atoms with van der Waals surface area (Å²) in [5.74, 6) is 0.977. The maximum atomic E-state index is 12.5. The molecule has 2 aromatic heterocycles. The number of ether oxygens (including phenoxy) is 1. The molecule has 0 unspecified atom stereocenters. The van der Waals surface area contributed by atoms with E-state index in [2.05, 4.69) is 15.5 Å². The standard InChI is InChI=1S/C27H22N4O2S2/c1-17-26(35-27(28-17)19-10-12-20(33-2)13-11-19)23-14-15-25(31-30-23)34-16-24(32)29-22-9-5-7-18-6-3-4-8-21(18)22/h3-15H,16H2,1-2H3,(H,29,32). The molecule has 8 heteroatoms. The number of fused-ring (bicyclic) bond motifs is 1. The molecular formula is C27H22N4O2S2. The fraction of sp³-hybridized carbons (Fsp3) is 0.111. The van der Waals surface area contributed by atoms with Gasteiger partial charge in [-0.3, -0.25) is 4.79 Å². The predicted octanol–water partition coefficient (Wildman–Crippen LogP) is 6.47. The fourth-order valence-electron chi connectivity index (χ4n) is 3.67. The van der Waals surface area contributed by atoms with Gasteiger partial charge in [0.1, 0.15) is 21.5 Å². The minimum Gasteiger partial charge on any atom is -0.497 e. The number of methoxy groups -OCH3 is 1. The van der Waals surface area contributed by atoms with Crippen LogP contribution in [-0.4, -0.2) is 34.0 Å². The average molecular weight is 499 g/mol. The maximum Gasteiger partial charge on any atom is 0.234 e. The first-order chi connectivity index (χ1) is 17.1. The lowest BCUT2D eigenvalue weighted by molar-refractivity contribution is -0.113. The Hall–Kier alpha value is -3.75. The van der Waals surface area contributed by atoms with Gasteiger partial charge < -0.3 is 10.1 Å². The van der Waals surface area contributed by atoms with Crippen LogP contribution < -0.4 is 10.1 Å². The molecule has 0 aliphatic heterocycles. The van der Waals surface area contributed by atoms with E-state index in [1.165, 1.54) is 11.8 Å². The summed E-state index contributed by atoms with van der Waals surface area (Å²) in [5.41, 5.74) is 3.51. The van der Waals surface area contributed by atoms with E-state index in [-0.39, 0.29) is 11.7 Å². The van der Waals surface area contributed by atoms with E-state index in [4.69, 9.17) is 9.72 Å². The lowest BCUT2D eigenvalue weighted by atomic mass is 10.1. The number of amides is 1. The molecule has 0 saturated carbocycles. The second-order valence-electron chi connectivity index (χ2n) is 7.78. The highest BCUT2D eigenvalue weighted by Crippen LogP contribution is 2.35. The quantitative estimate of drug-likeness (QED) is 0.259. The number of aromatic nitrogens is 3. The summed E-state index contributed by atoms with van der Waals surface area (Å²) in [6, 6.07) is 25.5. The van der Waals surface area contributed by atoms with Gasteiger partial charge in [0.05, 0.1) is 23.4 Å². The number of nitrogens with zero attached hydrogens (tertiary/aromatic N) is 3. The van der Waals surface area contributed by atoms with Gasteiger partial charge in [-0.25, -0.2) is 4.98 Å². The third-order valence-electron chi connectivity index (χ3n) is 5.42. The number of thiazole rings is 1. The molecule has 0 atom stereocenters. The van der Waals surface area contributed by atoms with E-state index >= 15 is 0 Å². The van der Waals surface area contributed by atoms with E-state index in [1.54, 1.807) is 18.4 Å². The van der Waals surface area contributed by atoms with Crippen molar-refractivity contribution in [2.24, 2.45) is 0 Å². The summed E-state index contributed by atoms with van der Waals surface area (Å²) in [5, 5.41) is 15.4. The normalized spacial score (nSPS) is 10.9. The minimum atomic E-state index is -0.0836. The number of aryl methyl sites for hydroxylation is 1.